The number of hydrogen-bond acceptors (Lipinski definition) is 3. The Morgan fingerprint density at radius 2 is 1.91 bits per heavy atom. The summed E-state index contributed by atoms with van der Waals surface area (Å²) in [5.74, 6) is 0.0931. The molecule has 1 aromatic heterocycles. The molecule has 0 atom stereocenters. The van der Waals surface area contributed by atoms with Gasteiger partial charge in [-0.25, -0.2) is 9.98 Å². The molecular weight excluding hydrogens is 334 g/mol. The van der Waals surface area contributed by atoms with E-state index in [2.05, 4.69) is 20.6 Å². The average Bonchev–Trinajstić information content (AvgIpc) is 2.83. The van der Waals surface area contributed by atoms with Crippen molar-refractivity contribution in [1.82, 2.24) is 15.6 Å². The minimum atomic E-state index is -4.52. The zero-order valence-corrected chi connectivity index (χ0v) is 12.3. The van der Waals surface area contributed by atoms with Crippen LogP contribution in [0.15, 0.2) is 10.4 Å². The van der Waals surface area contributed by atoms with E-state index in [-0.39, 0.29) is 24.1 Å². The first-order chi connectivity index (χ1) is 10.1. The number of thiazole rings is 1. The summed E-state index contributed by atoms with van der Waals surface area (Å²) in [6, 6.07) is 0. The lowest BCUT2D eigenvalue weighted by Crippen LogP contribution is -2.38. The molecule has 0 fully saturated rings. The largest absolute Gasteiger partial charge is 0.434 e. The Hall–Kier alpha value is -1.52. The van der Waals surface area contributed by atoms with Crippen molar-refractivity contribution in [2.45, 2.75) is 32.2 Å². The number of nitrogens with one attached hydrogen (secondary N) is 2. The van der Waals surface area contributed by atoms with E-state index in [1.54, 1.807) is 6.92 Å². The molecule has 0 spiro atoms. The number of halogens is 6. The average molecular weight is 348 g/mol. The van der Waals surface area contributed by atoms with Gasteiger partial charge in [0.15, 0.2) is 11.7 Å². The molecule has 11 heteroatoms. The number of rotatable bonds is 5. The molecule has 0 bridgehead atoms. The normalized spacial score (nSPS) is 13.3. The third kappa shape index (κ3) is 6.96. The third-order valence-electron chi connectivity index (χ3n) is 2.26. The standard InChI is InChI=1S/C11H14F6N4S/c1-2-18-9(19-4-3-10(12,13)14)20-5-8-21-7(6-22-8)11(15,16)17/h6H,2-5H2,1H3,(H2,18,19,20). The van der Waals surface area contributed by atoms with Gasteiger partial charge < -0.3 is 10.6 Å². The molecular formula is C11H14F6N4S. The van der Waals surface area contributed by atoms with Gasteiger partial charge in [-0.2, -0.15) is 26.3 Å². The van der Waals surface area contributed by atoms with Crippen molar-refractivity contribution >= 4 is 17.3 Å². The number of aromatic nitrogens is 1. The van der Waals surface area contributed by atoms with Crippen LogP contribution in [-0.2, 0) is 12.7 Å². The van der Waals surface area contributed by atoms with Crippen molar-refractivity contribution in [3.8, 4) is 0 Å². The van der Waals surface area contributed by atoms with E-state index in [0.29, 0.717) is 6.54 Å². The zero-order chi connectivity index (χ0) is 16.8. The SMILES string of the molecule is CCNC(=NCc1nc(C(F)(F)F)cs1)NCCC(F)(F)F. The number of hydrogen-bond donors (Lipinski definition) is 2. The lowest BCUT2D eigenvalue weighted by atomic mass is 10.4. The molecule has 1 rings (SSSR count). The molecule has 0 unspecified atom stereocenters. The highest BCUT2D eigenvalue weighted by Crippen LogP contribution is 2.30. The Bertz CT molecular complexity index is 494. The highest BCUT2D eigenvalue weighted by molar-refractivity contribution is 7.09. The number of alkyl halides is 6. The van der Waals surface area contributed by atoms with Crippen LogP contribution in [0.2, 0.25) is 0 Å². The molecule has 22 heavy (non-hydrogen) atoms. The fourth-order valence-corrected chi connectivity index (χ4v) is 2.05. The Balaban J connectivity index is 2.60. The highest BCUT2D eigenvalue weighted by Gasteiger charge is 2.33. The van der Waals surface area contributed by atoms with Crippen LogP contribution in [0.5, 0.6) is 0 Å². The van der Waals surface area contributed by atoms with Gasteiger partial charge in [0.1, 0.15) is 5.01 Å². The second-order valence-corrected chi connectivity index (χ2v) is 5.05. The summed E-state index contributed by atoms with van der Waals surface area (Å²) in [7, 11) is 0. The van der Waals surface area contributed by atoms with E-state index in [1.165, 1.54) is 0 Å². The van der Waals surface area contributed by atoms with Gasteiger partial charge in [-0.3, -0.25) is 0 Å². The lowest BCUT2D eigenvalue weighted by molar-refractivity contribution is -0.140. The summed E-state index contributed by atoms with van der Waals surface area (Å²) < 4.78 is 73.3. The predicted octanol–water partition coefficient (Wildman–Crippen LogP) is 3.17. The number of nitrogens with zero attached hydrogens (tertiary/aromatic N) is 2. The Labute approximate surface area is 126 Å². The fourth-order valence-electron chi connectivity index (χ4n) is 1.32. The highest BCUT2D eigenvalue weighted by atomic mass is 32.1. The van der Waals surface area contributed by atoms with Crippen LogP contribution in [0, 0.1) is 0 Å². The van der Waals surface area contributed by atoms with Gasteiger partial charge in [0.25, 0.3) is 0 Å². The lowest BCUT2D eigenvalue weighted by Gasteiger charge is -2.12. The van der Waals surface area contributed by atoms with Crippen LogP contribution in [0.4, 0.5) is 26.3 Å². The topological polar surface area (TPSA) is 49.3 Å². The van der Waals surface area contributed by atoms with Gasteiger partial charge in [-0.1, -0.05) is 0 Å². The number of aliphatic imine (C=N–C) groups is 1. The van der Waals surface area contributed by atoms with Gasteiger partial charge >= 0.3 is 12.4 Å². The van der Waals surface area contributed by atoms with Gasteiger partial charge in [-0.05, 0) is 6.92 Å². The first-order valence-corrected chi connectivity index (χ1v) is 7.10. The van der Waals surface area contributed by atoms with Crippen LogP contribution in [0.1, 0.15) is 24.0 Å². The van der Waals surface area contributed by atoms with Crippen molar-refractivity contribution in [3.05, 3.63) is 16.1 Å². The minimum Gasteiger partial charge on any atom is -0.357 e. The molecule has 2 N–H and O–H groups in total. The number of guanidine groups is 1. The summed E-state index contributed by atoms with van der Waals surface area (Å²) in [5, 5.41) is 6.16. The van der Waals surface area contributed by atoms with E-state index < -0.39 is 24.5 Å². The Morgan fingerprint density at radius 1 is 1.23 bits per heavy atom. The first-order valence-electron chi connectivity index (χ1n) is 6.22. The van der Waals surface area contributed by atoms with Crippen LogP contribution < -0.4 is 10.6 Å². The third-order valence-corrected chi connectivity index (χ3v) is 3.09. The molecule has 0 saturated carbocycles. The molecule has 1 heterocycles. The van der Waals surface area contributed by atoms with E-state index in [9.17, 15) is 26.3 Å². The van der Waals surface area contributed by atoms with Crippen molar-refractivity contribution in [1.29, 1.82) is 0 Å². The molecule has 0 radical (unpaired) electrons. The molecule has 0 saturated heterocycles. The van der Waals surface area contributed by atoms with Crippen LogP contribution in [-0.4, -0.2) is 30.2 Å². The van der Waals surface area contributed by atoms with Crippen molar-refractivity contribution in [2.24, 2.45) is 4.99 Å². The molecule has 0 aromatic carbocycles. The monoisotopic (exact) mass is 348 g/mol. The maximum absolute atomic E-state index is 12.4. The van der Waals surface area contributed by atoms with Crippen LogP contribution in [0.3, 0.4) is 0 Å². The van der Waals surface area contributed by atoms with E-state index in [0.717, 1.165) is 16.7 Å². The summed E-state index contributed by atoms with van der Waals surface area (Å²) in [4.78, 5) is 7.29. The molecule has 126 valence electrons. The van der Waals surface area contributed by atoms with Crippen molar-refractivity contribution < 1.29 is 26.3 Å². The minimum absolute atomic E-state index is 0.0931. The molecule has 4 nitrogen and oxygen atoms in total. The predicted molar refractivity (Wildman–Crippen MR) is 70.6 cm³/mol. The smallest absolute Gasteiger partial charge is 0.357 e. The fraction of sp³-hybridized carbons (Fsp3) is 0.636. The molecule has 0 aliphatic carbocycles. The van der Waals surface area contributed by atoms with E-state index in [1.807, 2.05) is 0 Å². The first kappa shape index (κ1) is 18.5. The second-order valence-electron chi connectivity index (χ2n) is 4.11. The molecule has 0 aliphatic heterocycles. The van der Waals surface area contributed by atoms with Gasteiger partial charge in [0, 0.05) is 18.5 Å². The maximum atomic E-state index is 12.4. The van der Waals surface area contributed by atoms with E-state index >= 15 is 0 Å². The second kappa shape index (κ2) is 7.65. The van der Waals surface area contributed by atoms with Crippen molar-refractivity contribution in [2.75, 3.05) is 13.1 Å². The van der Waals surface area contributed by atoms with Gasteiger partial charge in [-0.15, -0.1) is 11.3 Å². The van der Waals surface area contributed by atoms with Gasteiger partial charge in [0.05, 0.1) is 13.0 Å². The summed E-state index contributed by atoms with van der Waals surface area (Å²) >= 11 is 0.791. The summed E-state index contributed by atoms with van der Waals surface area (Å²) in [6.45, 7) is 1.60. The molecule has 0 amide bonds. The van der Waals surface area contributed by atoms with E-state index in [4.69, 9.17) is 0 Å². The molecule has 0 aliphatic rings. The van der Waals surface area contributed by atoms with Gasteiger partial charge in [0.2, 0.25) is 0 Å². The Kier molecular flexibility index (Phi) is 6.45. The van der Waals surface area contributed by atoms with Crippen LogP contribution >= 0.6 is 11.3 Å². The van der Waals surface area contributed by atoms with Crippen molar-refractivity contribution in [3.63, 3.8) is 0 Å². The molecule has 1 aromatic rings. The quantitative estimate of drug-likeness (QED) is 0.488. The zero-order valence-electron chi connectivity index (χ0n) is 11.5. The Morgan fingerprint density at radius 3 is 2.41 bits per heavy atom. The summed E-state index contributed by atoms with van der Waals surface area (Å²) in [6.07, 6.45) is -9.85. The maximum Gasteiger partial charge on any atom is 0.434 e. The summed E-state index contributed by atoms with van der Waals surface area (Å²) in [5.41, 5.74) is -1.00. The van der Waals surface area contributed by atoms with Crippen LogP contribution in [0.25, 0.3) is 0 Å².